The molecule has 0 aliphatic heterocycles. The molecule has 0 bridgehead atoms. The number of nitrogens with zero attached hydrogens (tertiary/aromatic N) is 1. The van der Waals surface area contributed by atoms with Gasteiger partial charge in [-0.3, -0.25) is 0 Å². The van der Waals surface area contributed by atoms with Gasteiger partial charge < -0.3 is 15.8 Å². The van der Waals surface area contributed by atoms with Gasteiger partial charge in [0, 0.05) is 11.3 Å². The Labute approximate surface area is 160 Å². The Bertz CT molecular complexity index is 716. The molecular formula is C19H24IN3O. The van der Waals surface area contributed by atoms with Gasteiger partial charge in [0.05, 0.1) is 13.2 Å². The molecule has 0 spiro atoms. The predicted molar refractivity (Wildman–Crippen MR) is 110 cm³/mol. The van der Waals surface area contributed by atoms with Crippen LogP contribution in [0, 0.1) is 0 Å². The van der Waals surface area contributed by atoms with Crippen molar-refractivity contribution in [1.29, 1.82) is 0 Å². The summed E-state index contributed by atoms with van der Waals surface area (Å²) in [5, 5.41) is 3.18. The van der Waals surface area contributed by atoms with Crippen LogP contribution >= 0.6 is 24.0 Å². The van der Waals surface area contributed by atoms with Crippen molar-refractivity contribution in [3.63, 3.8) is 0 Å². The van der Waals surface area contributed by atoms with Gasteiger partial charge in [-0.05, 0) is 55.5 Å². The number of rotatable bonds is 5. The monoisotopic (exact) mass is 437 g/mol. The summed E-state index contributed by atoms with van der Waals surface area (Å²) < 4.78 is 5.61. The third kappa shape index (κ3) is 4.63. The molecular weight excluding hydrogens is 413 g/mol. The van der Waals surface area contributed by atoms with Crippen molar-refractivity contribution in [2.75, 3.05) is 11.9 Å². The summed E-state index contributed by atoms with van der Waals surface area (Å²) in [4.78, 5) is 4.43. The summed E-state index contributed by atoms with van der Waals surface area (Å²) in [5.41, 5.74) is 10.9. The molecule has 0 amide bonds. The van der Waals surface area contributed by atoms with E-state index in [2.05, 4.69) is 28.5 Å². The predicted octanol–water partition coefficient (Wildman–Crippen LogP) is 4.12. The first-order chi connectivity index (χ1) is 11.3. The van der Waals surface area contributed by atoms with E-state index in [9.17, 15) is 0 Å². The Hall–Kier alpha value is -1.76. The van der Waals surface area contributed by atoms with Crippen molar-refractivity contribution in [2.24, 2.45) is 10.7 Å². The van der Waals surface area contributed by atoms with Crippen molar-refractivity contribution in [3.05, 3.63) is 59.2 Å². The average molecular weight is 437 g/mol. The van der Waals surface area contributed by atoms with Gasteiger partial charge >= 0.3 is 0 Å². The molecule has 2 aromatic carbocycles. The first-order valence-electron chi connectivity index (χ1n) is 8.15. The summed E-state index contributed by atoms with van der Waals surface area (Å²) in [5.74, 6) is 1.29. The maximum atomic E-state index is 6.02. The number of nitrogens with two attached hydrogens (primary N) is 1. The molecule has 0 atom stereocenters. The standard InChI is InChI=1S/C19H23N3O.HI/c1-2-23-18-9-4-3-6-16(18)13-21-19(20)22-17-11-10-14-7-5-8-15(14)12-17;/h3-4,6,9-12H,2,5,7-8,13H2,1H3,(H3,20,21,22);1H. The minimum absolute atomic E-state index is 0. The van der Waals surface area contributed by atoms with E-state index < -0.39 is 0 Å². The number of nitrogens with one attached hydrogen (secondary N) is 1. The molecule has 1 aliphatic rings. The highest BCUT2D eigenvalue weighted by molar-refractivity contribution is 14.0. The molecule has 1 aliphatic carbocycles. The van der Waals surface area contributed by atoms with Crippen LogP contribution in [0.2, 0.25) is 0 Å². The number of aryl methyl sites for hydroxylation is 2. The first-order valence-corrected chi connectivity index (χ1v) is 8.15. The molecule has 0 aromatic heterocycles. The summed E-state index contributed by atoms with van der Waals surface area (Å²) in [6.45, 7) is 3.12. The zero-order valence-electron chi connectivity index (χ0n) is 13.9. The number of anilines is 1. The van der Waals surface area contributed by atoms with Gasteiger partial charge in [0.2, 0.25) is 0 Å². The molecule has 0 radical (unpaired) electrons. The lowest BCUT2D eigenvalue weighted by Crippen LogP contribution is -2.22. The normalized spacial score (nSPS) is 13.1. The number of fused-ring (bicyclic) bond motifs is 1. The molecule has 0 unspecified atom stereocenters. The topological polar surface area (TPSA) is 59.6 Å². The second-order valence-electron chi connectivity index (χ2n) is 5.70. The quantitative estimate of drug-likeness (QED) is 0.421. The van der Waals surface area contributed by atoms with Crippen LogP contribution < -0.4 is 15.8 Å². The lowest BCUT2D eigenvalue weighted by molar-refractivity contribution is 0.336. The first kappa shape index (κ1) is 18.6. The highest BCUT2D eigenvalue weighted by Crippen LogP contribution is 2.25. The van der Waals surface area contributed by atoms with Gasteiger partial charge in [-0.2, -0.15) is 0 Å². The van der Waals surface area contributed by atoms with E-state index in [-0.39, 0.29) is 24.0 Å². The minimum Gasteiger partial charge on any atom is -0.494 e. The number of para-hydroxylation sites is 1. The van der Waals surface area contributed by atoms with Crippen molar-refractivity contribution >= 4 is 35.6 Å². The van der Waals surface area contributed by atoms with E-state index in [1.165, 1.54) is 24.0 Å². The highest BCUT2D eigenvalue weighted by Gasteiger charge is 2.10. The number of aliphatic imine (C=N–C) groups is 1. The van der Waals surface area contributed by atoms with Crippen molar-refractivity contribution in [2.45, 2.75) is 32.7 Å². The fourth-order valence-corrected chi connectivity index (χ4v) is 2.94. The lowest BCUT2D eigenvalue weighted by atomic mass is 10.1. The second-order valence-corrected chi connectivity index (χ2v) is 5.70. The minimum atomic E-state index is 0. The van der Waals surface area contributed by atoms with E-state index in [1.54, 1.807) is 0 Å². The van der Waals surface area contributed by atoms with Crippen LogP contribution in [0.1, 0.15) is 30.0 Å². The van der Waals surface area contributed by atoms with Crippen LogP contribution in [-0.4, -0.2) is 12.6 Å². The Morgan fingerprint density at radius 3 is 2.79 bits per heavy atom. The maximum Gasteiger partial charge on any atom is 0.193 e. The third-order valence-corrected chi connectivity index (χ3v) is 4.06. The molecule has 5 heteroatoms. The molecule has 2 aromatic rings. The van der Waals surface area contributed by atoms with E-state index in [4.69, 9.17) is 10.5 Å². The zero-order valence-corrected chi connectivity index (χ0v) is 16.2. The molecule has 3 N–H and O–H groups in total. The number of hydrogen-bond acceptors (Lipinski definition) is 2. The molecule has 0 saturated heterocycles. The Morgan fingerprint density at radius 1 is 1.17 bits per heavy atom. The van der Waals surface area contributed by atoms with Crippen LogP contribution in [0.15, 0.2) is 47.5 Å². The highest BCUT2D eigenvalue weighted by atomic mass is 127. The van der Waals surface area contributed by atoms with Crippen LogP contribution in [0.3, 0.4) is 0 Å². The third-order valence-electron chi connectivity index (χ3n) is 4.06. The van der Waals surface area contributed by atoms with E-state index in [0.29, 0.717) is 19.1 Å². The second kappa shape index (κ2) is 8.92. The number of halogens is 1. The van der Waals surface area contributed by atoms with Gasteiger partial charge in [-0.1, -0.05) is 24.3 Å². The summed E-state index contributed by atoms with van der Waals surface area (Å²) in [7, 11) is 0. The van der Waals surface area contributed by atoms with Gasteiger partial charge in [0.15, 0.2) is 5.96 Å². The van der Waals surface area contributed by atoms with Crippen molar-refractivity contribution < 1.29 is 4.74 Å². The van der Waals surface area contributed by atoms with Crippen LogP contribution in [0.5, 0.6) is 5.75 Å². The van der Waals surface area contributed by atoms with Gasteiger partial charge in [0.25, 0.3) is 0 Å². The van der Waals surface area contributed by atoms with E-state index >= 15 is 0 Å². The number of hydrogen-bond donors (Lipinski definition) is 2. The average Bonchev–Trinajstić information content (AvgIpc) is 3.02. The van der Waals surface area contributed by atoms with Crippen LogP contribution in [0.25, 0.3) is 0 Å². The summed E-state index contributed by atoms with van der Waals surface area (Å²) >= 11 is 0. The fraction of sp³-hybridized carbons (Fsp3) is 0.316. The molecule has 128 valence electrons. The number of guanidine groups is 1. The molecule has 3 rings (SSSR count). The van der Waals surface area contributed by atoms with E-state index in [1.807, 2.05) is 31.2 Å². The largest absolute Gasteiger partial charge is 0.494 e. The number of ether oxygens (including phenoxy) is 1. The Balaban J connectivity index is 0.00000208. The van der Waals surface area contributed by atoms with E-state index in [0.717, 1.165) is 23.4 Å². The molecule has 0 saturated carbocycles. The van der Waals surface area contributed by atoms with Crippen molar-refractivity contribution in [1.82, 2.24) is 0 Å². The Kier molecular flexibility index (Phi) is 6.90. The lowest BCUT2D eigenvalue weighted by Gasteiger charge is -2.10. The smallest absolute Gasteiger partial charge is 0.193 e. The molecule has 24 heavy (non-hydrogen) atoms. The summed E-state index contributed by atoms with van der Waals surface area (Å²) in [6, 6.07) is 14.3. The Morgan fingerprint density at radius 2 is 1.96 bits per heavy atom. The molecule has 4 nitrogen and oxygen atoms in total. The zero-order chi connectivity index (χ0) is 16.1. The van der Waals surface area contributed by atoms with Gasteiger partial charge in [-0.25, -0.2) is 4.99 Å². The number of benzene rings is 2. The maximum absolute atomic E-state index is 6.02. The van der Waals surface area contributed by atoms with Gasteiger partial charge in [0.1, 0.15) is 5.75 Å². The SMILES string of the molecule is CCOc1ccccc1CN=C(N)Nc1ccc2c(c1)CCC2.I. The molecule has 0 fully saturated rings. The summed E-state index contributed by atoms with van der Waals surface area (Å²) in [6.07, 6.45) is 3.59. The van der Waals surface area contributed by atoms with Crippen LogP contribution in [-0.2, 0) is 19.4 Å². The fourth-order valence-electron chi connectivity index (χ4n) is 2.94. The van der Waals surface area contributed by atoms with Crippen molar-refractivity contribution in [3.8, 4) is 5.75 Å². The van der Waals surface area contributed by atoms with Crippen LogP contribution in [0.4, 0.5) is 5.69 Å². The van der Waals surface area contributed by atoms with Gasteiger partial charge in [-0.15, -0.1) is 24.0 Å². The molecule has 0 heterocycles.